The number of nitrogens with zero attached hydrogens (tertiary/aromatic N) is 3. The third kappa shape index (κ3) is 5.63. The number of ether oxygens (including phenoxy) is 1. The standard InChI is InChI=1S/C22H24N4O4S2/c1-32(28,29)19-9-5-4-8-18(19)24-21(27)15-31-22-16-6-2-3-7-17(16)23-20(25-22)14-26-10-12-30-13-11-26/h2-9H,10-15H2,1H3,(H,24,27). The number of carbonyl (C=O) groups excluding carboxylic acids is 1. The highest BCUT2D eigenvalue weighted by atomic mass is 32.2. The normalized spacial score (nSPS) is 15.0. The molecule has 0 saturated carbocycles. The summed E-state index contributed by atoms with van der Waals surface area (Å²) in [5.74, 6) is 0.496. The van der Waals surface area contributed by atoms with E-state index >= 15 is 0 Å². The Morgan fingerprint density at radius 3 is 2.59 bits per heavy atom. The van der Waals surface area contributed by atoms with Crippen molar-refractivity contribution in [2.75, 3.05) is 43.6 Å². The van der Waals surface area contributed by atoms with Gasteiger partial charge in [-0.1, -0.05) is 42.1 Å². The molecule has 168 valence electrons. The minimum absolute atomic E-state index is 0.0934. The van der Waals surface area contributed by atoms with Gasteiger partial charge in [-0.3, -0.25) is 9.69 Å². The van der Waals surface area contributed by atoms with Crippen molar-refractivity contribution in [3.63, 3.8) is 0 Å². The first kappa shape index (κ1) is 22.7. The van der Waals surface area contributed by atoms with Gasteiger partial charge in [0.05, 0.1) is 41.6 Å². The molecule has 1 saturated heterocycles. The molecule has 1 N–H and O–H groups in total. The summed E-state index contributed by atoms with van der Waals surface area (Å²) in [4.78, 5) is 24.4. The molecule has 3 aromatic rings. The second-order valence-electron chi connectivity index (χ2n) is 7.46. The van der Waals surface area contributed by atoms with E-state index in [1.165, 1.54) is 17.8 Å². The first-order chi connectivity index (χ1) is 15.4. The van der Waals surface area contributed by atoms with Crippen molar-refractivity contribution < 1.29 is 17.9 Å². The van der Waals surface area contributed by atoms with Crippen LogP contribution in [0.5, 0.6) is 0 Å². The summed E-state index contributed by atoms with van der Waals surface area (Å²) in [6.45, 7) is 3.69. The highest BCUT2D eigenvalue weighted by Gasteiger charge is 2.17. The lowest BCUT2D eigenvalue weighted by Crippen LogP contribution is -2.36. The van der Waals surface area contributed by atoms with Gasteiger partial charge in [0.15, 0.2) is 9.84 Å². The van der Waals surface area contributed by atoms with E-state index < -0.39 is 9.84 Å². The Morgan fingerprint density at radius 2 is 1.81 bits per heavy atom. The Balaban J connectivity index is 1.51. The fourth-order valence-electron chi connectivity index (χ4n) is 3.45. The first-order valence-electron chi connectivity index (χ1n) is 10.2. The van der Waals surface area contributed by atoms with E-state index in [2.05, 4.69) is 15.2 Å². The van der Waals surface area contributed by atoms with E-state index in [0.717, 1.165) is 35.3 Å². The van der Waals surface area contributed by atoms with E-state index in [9.17, 15) is 13.2 Å². The van der Waals surface area contributed by atoms with E-state index in [0.29, 0.717) is 25.6 Å². The maximum atomic E-state index is 12.6. The molecule has 2 heterocycles. The van der Waals surface area contributed by atoms with E-state index in [1.807, 2.05) is 24.3 Å². The summed E-state index contributed by atoms with van der Waals surface area (Å²) < 4.78 is 29.4. The largest absolute Gasteiger partial charge is 0.379 e. The summed E-state index contributed by atoms with van der Waals surface area (Å²) in [5, 5.41) is 4.32. The van der Waals surface area contributed by atoms with Crippen molar-refractivity contribution in [3.05, 3.63) is 54.4 Å². The number of nitrogens with one attached hydrogen (secondary N) is 1. The average Bonchev–Trinajstić information content (AvgIpc) is 2.78. The molecule has 32 heavy (non-hydrogen) atoms. The molecule has 0 aliphatic carbocycles. The number of hydrogen-bond donors (Lipinski definition) is 1. The van der Waals surface area contributed by atoms with Gasteiger partial charge in [0, 0.05) is 24.7 Å². The molecule has 10 heteroatoms. The van der Waals surface area contributed by atoms with Gasteiger partial charge in [-0.25, -0.2) is 18.4 Å². The number of carbonyl (C=O) groups is 1. The SMILES string of the molecule is CS(=O)(=O)c1ccccc1NC(=O)CSc1nc(CN2CCOCC2)nc2ccccc12. The number of morpholine rings is 1. The minimum atomic E-state index is -3.45. The van der Waals surface area contributed by atoms with Crippen molar-refractivity contribution in [1.29, 1.82) is 0 Å². The monoisotopic (exact) mass is 472 g/mol. The zero-order valence-corrected chi connectivity index (χ0v) is 19.3. The van der Waals surface area contributed by atoms with E-state index in [-0.39, 0.29) is 22.2 Å². The molecule has 8 nitrogen and oxygen atoms in total. The Hall–Kier alpha value is -2.53. The number of benzene rings is 2. The van der Waals surface area contributed by atoms with Crippen LogP contribution in [0.25, 0.3) is 10.9 Å². The van der Waals surface area contributed by atoms with Gasteiger partial charge in [-0.15, -0.1) is 0 Å². The molecule has 0 spiro atoms. The number of para-hydroxylation sites is 2. The smallest absolute Gasteiger partial charge is 0.234 e. The molecule has 0 bridgehead atoms. The van der Waals surface area contributed by atoms with Gasteiger partial charge in [-0.2, -0.15) is 0 Å². The van der Waals surface area contributed by atoms with Crippen molar-refractivity contribution >= 4 is 44.1 Å². The van der Waals surface area contributed by atoms with Crippen LogP contribution in [0.4, 0.5) is 5.69 Å². The third-order valence-corrected chi connectivity index (χ3v) is 7.13. The molecule has 1 aromatic heterocycles. The van der Waals surface area contributed by atoms with Gasteiger partial charge in [0.1, 0.15) is 10.9 Å². The van der Waals surface area contributed by atoms with Crippen molar-refractivity contribution in [2.24, 2.45) is 0 Å². The van der Waals surface area contributed by atoms with Crippen LogP contribution in [0.1, 0.15) is 5.82 Å². The molecule has 0 atom stereocenters. The van der Waals surface area contributed by atoms with E-state index in [1.54, 1.807) is 18.2 Å². The van der Waals surface area contributed by atoms with Crippen LogP contribution in [-0.4, -0.2) is 67.5 Å². The Bertz CT molecular complexity index is 1230. The number of anilines is 1. The number of fused-ring (bicyclic) bond motifs is 1. The van der Waals surface area contributed by atoms with E-state index in [4.69, 9.17) is 9.72 Å². The summed E-state index contributed by atoms with van der Waals surface area (Å²) >= 11 is 1.31. The fraction of sp³-hybridized carbons (Fsp3) is 0.318. The molecule has 0 unspecified atom stereocenters. The molecule has 1 amide bonds. The van der Waals surface area contributed by atoms with Crippen LogP contribution in [0.15, 0.2) is 58.5 Å². The minimum Gasteiger partial charge on any atom is -0.379 e. The second-order valence-corrected chi connectivity index (χ2v) is 10.4. The highest BCUT2D eigenvalue weighted by molar-refractivity contribution is 8.00. The van der Waals surface area contributed by atoms with Crippen LogP contribution in [0.2, 0.25) is 0 Å². The molecule has 2 aromatic carbocycles. The zero-order valence-electron chi connectivity index (χ0n) is 17.7. The Morgan fingerprint density at radius 1 is 1.09 bits per heavy atom. The lowest BCUT2D eigenvalue weighted by Gasteiger charge is -2.25. The van der Waals surface area contributed by atoms with Crippen LogP contribution in [-0.2, 0) is 25.9 Å². The number of hydrogen-bond acceptors (Lipinski definition) is 8. The van der Waals surface area contributed by atoms with Crippen molar-refractivity contribution in [3.8, 4) is 0 Å². The third-order valence-electron chi connectivity index (χ3n) is 4.98. The van der Waals surface area contributed by atoms with Gasteiger partial charge >= 0.3 is 0 Å². The zero-order chi connectivity index (χ0) is 22.6. The maximum absolute atomic E-state index is 12.6. The number of thioether (sulfide) groups is 1. The van der Waals surface area contributed by atoms with Gasteiger partial charge < -0.3 is 10.1 Å². The van der Waals surface area contributed by atoms with Gasteiger partial charge in [-0.05, 0) is 18.2 Å². The Kier molecular flexibility index (Phi) is 7.04. The number of aromatic nitrogens is 2. The molecule has 1 fully saturated rings. The molecular formula is C22H24N4O4S2. The second kappa shape index (κ2) is 9.95. The van der Waals surface area contributed by atoms with Crippen LogP contribution < -0.4 is 5.32 Å². The molecule has 0 radical (unpaired) electrons. The lowest BCUT2D eigenvalue weighted by molar-refractivity contribution is -0.113. The molecule has 4 rings (SSSR count). The topological polar surface area (TPSA) is 101 Å². The molecule has 1 aliphatic rings. The number of amides is 1. The Labute approximate surface area is 191 Å². The lowest BCUT2D eigenvalue weighted by atomic mass is 10.2. The van der Waals surface area contributed by atoms with Gasteiger partial charge in [0.2, 0.25) is 5.91 Å². The summed E-state index contributed by atoms with van der Waals surface area (Å²) in [6.07, 6.45) is 1.12. The predicted octanol–water partition coefficient (Wildman–Crippen LogP) is 2.60. The highest BCUT2D eigenvalue weighted by Crippen LogP contribution is 2.27. The predicted molar refractivity (Wildman–Crippen MR) is 125 cm³/mol. The van der Waals surface area contributed by atoms with Crippen molar-refractivity contribution in [1.82, 2.24) is 14.9 Å². The molecular weight excluding hydrogens is 448 g/mol. The van der Waals surface area contributed by atoms with Crippen molar-refractivity contribution in [2.45, 2.75) is 16.5 Å². The van der Waals surface area contributed by atoms with Crippen LogP contribution >= 0.6 is 11.8 Å². The summed E-state index contributed by atoms with van der Waals surface area (Å²) in [7, 11) is -3.45. The summed E-state index contributed by atoms with van der Waals surface area (Å²) in [6, 6.07) is 14.1. The first-order valence-corrected chi connectivity index (χ1v) is 13.1. The number of sulfone groups is 1. The van der Waals surface area contributed by atoms with Crippen LogP contribution in [0, 0.1) is 0 Å². The summed E-state index contributed by atoms with van der Waals surface area (Å²) in [5.41, 5.74) is 1.11. The van der Waals surface area contributed by atoms with Crippen LogP contribution in [0.3, 0.4) is 0 Å². The quantitative estimate of drug-likeness (QED) is 0.414. The fourth-order valence-corrected chi connectivity index (χ4v) is 5.13. The number of rotatable bonds is 7. The maximum Gasteiger partial charge on any atom is 0.234 e. The molecule has 1 aliphatic heterocycles. The van der Waals surface area contributed by atoms with Gasteiger partial charge in [0.25, 0.3) is 0 Å². The average molecular weight is 473 g/mol.